The van der Waals surface area contributed by atoms with E-state index in [0.29, 0.717) is 0 Å². The lowest BCUT2D eigenvalue weighted by Gasteiger charge is -2.14. The van der Waals surface area contributed by atoms with Crippen LogP contribution in [0.1, 0.15) is 6.92 Å². The molecule has 0 fully saturated rings. The SMILES string of the molecule is CO[C@H](C)[C@H](N)CO. The molecule has 8 heavy (non-hydrogen) atoms. The summed E-state index contributed by atoms with van der Waals surface area (Å²) in [6, 6.07) is -0.250. The van der Waals surface area contributed by atoms with Crippen molar-refractivity contribution in [3.63, 3.8) is 0 Å². The van der Waals surface area contributed by atoms with E-state index >= 15 is 0 Å². The molecule has 0 unspecified atom stereocenters. The number of aliphatic hydroxyl groups is 1. The minimum atomic E-state index is -0.250. The van der Waals surface area contributed by atoms with Gasteiger partial charge in [-0.05, 0) is 6.92 Å². The number of ether oxygens (including phenoxy) is 1. The predicted molar refractivity (Wildman–Crippen MR) is 31.5 cm³/mol. The van der Waals surface area contributed by atoms with E-state index in [-0.39, 0.29) is 18.8 Å². The first-order chi connectivity index (χ1) is 3.72. The lowest BCUT2D eigenvalue weighted by atomic mass is 10.2. The molecule has 0 radical (unpaired) electrons. The van der Waals surface area contributed by atoms with Crippen molar-refractivity contribution in [3.8, 4) is 0 Å². The standard InChI is InChI=1S/C5H13NO2/c1-4(8-2)5(6)3-7/h4-5,7H,3,6H2,1-2H3/t4-,5-/m1/s1. The summed E-state index contributed by atoms with van der Waals surface area (Å²) in [6.45, 7) is 1.80. The van der Waals surface area contributed by atoms with Gasteiger partial charge in [0.1, 0.15) is 0 Å². The van der Waals surface area contributed by atoms with E-state index in [2.05, 4.69) is 0 Å². The van der Waals surface area contributed by atoms with Gasteiger partial charge in [0.25, 0.3) is 0 Å². The van der Waals surface area contributed by atoms with Crippen LogP contribution in [0, 0.1) is 0 Å². The van der Waals surface area contributed by atoms with E-state index in [4.69, 9.17) is 15.6 Å². The van der Waals surface area contributed by atoms with Crippen LogP contribution in [0.5, 0.6) is 0 Å². The molecule has 0 saturated heterocycles. The van der Waals surface area contributed by atoms with Gasteiger partial charge in [0.15, 0.2) is 0 Å². The number of hydrogen-bond acceptors (Lipinski definition) is 3. The number of methoxy groups -OCH3 is 1. The first-order valence-electron chi connectivity index (χ1n) is 2.61. The molecule has 0 aliphatic heterocycles. The van der Waals surface area contributed by atoms with Gasteiger partial charge in [-0.25, -0.2) is 0 Å². The Labute approximate surface area is 49.4 Å². The van der Waals surface area contributed by atoms with Crippen molar-refractivity contribution in [1.82, 2.24) is 0 Å². The monoisotopic (exact) mass is 119 g/mol. The Balaban J connectivity index is 3.29. The fourth-order valence-electron chi connectivity index (χ4n) is 0.323. The molecule has 0 saturated carbocycles. The maximum Gasteiger partial charge on any atom is 0.0716 e. The van der Waals surface area contributed by atoms with E-state index in [9.17, 15) is 0 Å². The average Bonchev–Trinajstić information content (AvgIpc) is 1.84. The molecule has 0 spiro atoms. The van der Waals surface area contributed by atoms with Crippen LogP contribution in [-0.2, 0) is 4.74 Å². The molecule has 0 heterocycles. The Hall–Kier alpha value is -0.120. The topological polar surface area (TPSA) is 55.5 Å². The number of hydrogen-bond donors (Lipinski definition) is 2. The summed E-state index contributed by atoms with van der Waals surface area (Å²) in [4.78, 5) is 0. The molecule has 0 bridgehead atoms. The first kappa shape index (κ1) is 7.88. The zero-order chi connectivity index (χ0) is 6.57. The van der Waals surface area contributed by atoms with Crippen LogP contribution in [0.3, 0.4) is 0 Å². The van der Waals surface area contributed by atoms with Crippen LogP contribution in [0.2, 0.25) is 0 Å². The fourth-order valence-corrected chi connectivity index (χ4v) is 0.323. The van der Waals surface area contributed by atoms with E-state index < -0.39 is 0 Å². The van der Waals surface area contributed by atoms with Crippen molar-refractivity contribution in [2.24, 2.45) is 5.73 Å². The summed E-state index contributed by atoms with van der Waals surface area (Å²) in [6.07, 6.45) is -0.0556. The third-order valence-corrected chi connectivity index (χ3v) is 1.19. The number of rotatable bonds is 3. The van der Waals surface area contributed by atoms with Crippen LogP contribution < -0.4 is 5.73 Å². The Kier molecular flexibility index (Phi) is 3.77. The molecule has 2 atom stereocenters. The van der Waals surface area contributed by atoms with Gasteiger partial charge in [0.05, 0.1) is 18.8 Å². The summed E-state index contributed by atoms with van der Waals surface area (Å²) in [7, 11) is 1.57. The molecule has 0 aromatic heterocycles. The van der Waals surface area contributed by atoms with Gasteiger partial charge in [-0.1, -0.05) is 0 Å². The Morgan fingerprint density at radius 3 is 2.38 bits per heavy atom. The normalized spacial score (nSPS) is 18.0. The third-order valence-electron chi connectivity index (χ3n) is 1.19. The van der Waals surface area contributed by atoms with Gasteiger partial charge in [-0.2, -0.15) is 0 Å². The van der Waals surface area contributed by atoms with Crippen molar-refractivity contribution in [3.05, 3.63) is 0 Å². The second-order valence-electron chi connectivity index (χ2n) is 1.79. The molecule has 0 amide bonds. The molecule has 3 N–H and O–H groups in total. The van der Waals surface area contributed by atoms with Gasteiger partial charge < -0.3 is 15.6 Å². The smallest absolute Gasteiger partial charge is 0.0716 e. The summed E-state index contributed by atoms with van der Waals surface area (Å²) in [5.74, 6) is 0. The van der Waals surface area contributed by atoms with Gasteiger partial charge >= 0.3 is 0 Å². The van der Waals surface area contributed by atoms with Crippen LogP contribution in [0.15, 0.2) is 0 Å². The zero-order valence-corrected chi connectivity index (χ0v) is 5.29. The van der Waals surface area contributed by atoms with Crippen LogP contribution in [-0.4, -0.2) is 31.0 Å². The minimum Gasteiger partial charge on any atom is -0.395 e. The molecule has 3 heteroatoms. The fraction of sp³-hybridized carbons (Fsp3) is 1.00. The molecular formula is C5H13NO2. The van der Waals surface area contributed by atoms with Crippen molar-refractivity contribution in [2.75, 3.05) is 13.7 Å². The molecule has 0 rings (SSSR count). The molecule has 3 nitrogen and oxygen atoms in total. The highest BCUT2D eigenvalue weighted by Crippen LogP contribution is 1.90. The first-order valence-corrected chi connectivity index (χ1v) is 2.61. The van der Waals surface area contributed by atoms with Crippen molar-refractivity contribution in [1.29, 1.82) is 0 Å². The maximum absolute atomic E-state index is 8.43. The van der Waals surface area contributed by atoms with Gasteiger partial charge in [0.2, 0.25) is 0 Å². The Bertz CT molecular complexity index is 50.4. The third kappa shape index (κ3) is 2.26. The Morgan fingerprint density at radius 1 is 1.75 bits per heavy atom. The minimum absolute atomic E-state index is 0.0188. The van der Waals surface area contributed by atoms with E-state index in [0.717, 1.165) is 0 Å². The summed E-state index contributed by atoms with van der Waals surface area (Å²) in [5.41, 5.74) is 5.35. The molecule has 50 valence electrons. The van der Waals surface area contributed by atoms with Gasteiger partial charge in [-0.15, -0.1) is 0 Å². The molecule has 0 aliphatic rings. The van der Waals surface area contributed by atoms with Crippen molar-refractivity contribution < 1.29 is 9.84 Å². The summed E-state index contributed by atoms with van der Waals surface area (Å²) < 4.78 is 4.82. The largest absolute Gasteiger partial charge is 0.395 e. The highest BCUT2D eigenvalue weighted by Gasteiger charge is 2.08. The lowest BCUT2D eigenvalue weighted by molar-refractivity contribution is 0.0731. The quantitative estimate of drug-likeness (QED) is 0.518. The van der Waals surface area contributed by atoms with Gasteiger partial charge in [0, 0.05) is 7.11 Å². The lowest BCUT2D eigenvalue weighted by Crippen LogP contribution is -2.36. The van der Waals surface area contributed by atoms with Gasteiger partial charge in [-0.3, -0.25) is 0 Å². The van der Waals surface area contributed by atoms with Crippen molar-refractivity contribution in [2.45, 2.75) is 19.1 Å². The van der Waals surface area contributed by atoms with Crippen LogP contribution in [0.25, 0.3) is 0 Å². The van der Waals surface area contributed by atoms with E-state index in [1.165, 1.54) is 0 Å². The van der Waals surface area contributed by atoms with E-state index in [1.54, 1.807) is 7.11 Å². The molecule has 0 aromatic rings. The average molecular weight is 119 g/mol. The number of nitrogens with two attached hydrogens (primary N) is 1. The molecule has 0 aromatic carbocycles. The summed E-state index contributed by atoms with van der Waals surface area (Å²) >= 11 is 0. The maximum atomic E-state index is 8.43. The number of aliphatic hydroxyl groups excluding tert-OH is 1. The Morgan fingerprint density at radius 2 is 2.25 bits per heavy atom. The highest BCUT2D eigenvalue weighted by molar-refractivity contribution is 4.65. The molecular weight excluding hydrogens is 106 g/mol. The highest BCUT2D eigenvalue weighted by atomic mass is 16.5. The molecule has 0 aliphatic carbocycles. The second-order valence-corrected chi connectivity index (χ2v) is 1.79. The zero-order valence-electron chi connectivity index (χ0n) is 5.29. The van der Waals surface area contributed by atoms with E-state index in [1.807, 2.05) is 6.92 Å². The van der Waals surface area contributed by atoms with Crippen molar-refractivity contribution >= 4 is 0 Å². The van der Waals surface area contributed by atoms with Crippen LogP contribution >= 0.6 is 0 Å². The predicted octanol–water partition coefficient (Wildman–Crippen LogP) is -0.659. The summed E-state index contributed by atoms with van der Waals surface area (Å²) in [5, 5.41) is 8.43. The van der Waals surface area contributed by atoms with Crippen LogP contribution in [0.4, 0.5) is 0 Å². The second kappa shape index (κ2) is 3.83.